The summed E-state index contributed by atoms with van der Waals surface area (Å²) in [5, 5.41) is 0.323. The third-order valence-electron chi connectivity index (χ3n) is 6.54. The van der Waals surface area contributed by atoms with Crippen LogP contribution in [0.5, 0.6) is 5.75 Å². The quantitative estimate of drug-likeness (QED) is 0.101. The highest BCUT2D eigenvalue weighted by atomic mass is 32.2. The van der Waals surface area contributed by atoms with E-state index in [-0.39, 0.29) is 26.9 Å². The van der Waals surface area contributed by atoms with Crippen molar-refractivity contribution in [3.8, 4) is 5.75 Å². The van der Waals surface area contributed by atoms with Crippen LogP contribution in [0.3, 0.4) is 0 Å². The molecule has 9 heteroatoms. The van der Waals surface area contributed by atoms with Gasteiger partial charge in [-0.05, 0) is 73.0 Å². The molecule has 0 unspecified atom stereocenters. The normalized spacial score (nSPS) is 11.5. The molecular formula is C35H28O6S3. The molecule has 222 valence electrons. The second kappa shape index (κ2) is 13.5. The van der Waals surface area contributed by atoms with Crippen LogP contribution in [0.15, 0.2) is 176 Å². The molecule has 0 heterocycles. The molecule has 0 saturated carbocycles. The molecule has 0 aliphatic carbocycles. The van der Waals surface area contributed by atoms with E-state index in [1.54, 1.807) is 24.3 Å². The molecule has 0 aliphatic rings. The Morgan fingerprint density at radius 2 is 1.00 bits per heavy atom. The molecule has 0 aromatic heterocycles. The minimum absolute atomic E-state index is 0.0146. The molecule has 6 nitrogen and oxygen atoms in total. The summed E-state index contributed by atoms with van der Waals surface area (Å²) in [4.78, 5) is 3.48. The number of fused-ring (bicyclic) bond motifs is 1. The Kier molecular flexibility index (Phi) is 9.51. The lowest BCUT2D eigenvalue weighted by molar-refractivity contribution is 0.462. The van der Waals surface area contributed by atoms with Gasteiger partial charge in [-0.25, -0.2) is 8.42 Å². The number of rotatable bonds is 7. The van der Waals surface area contributed by atoms with Crippen molar-refractivity contribution in [1.29, 1.82) is 0 Å². The molecule has 0 aliphatic heterocycles. The van der Waals surface area contributed by atoms with Crippen LogP contribution in [-0.4, -0.2) is 21.4 Å². The van der Waals surface area contributed by atoms with Gasteiger partial charge in [0.05, 0.1) is 15.8 Å². The van der Waals surface area contributed by atoms with Crippen LogP contribution < -0.4 is 4.18 Å². The van der Waals surface area contributed by atoms with Gasteiger partial charge in [0.2, 0.25) is 0 Å². The van der Waals surface area contributed by atoms with Crippen molar-refractivity contribution in [2.24, 2.45) is 0 Å². The van der Waals surface area contributed by atoms with E-state index >= 15 is 0 Å². The zero-order valence-electron chi connectivity index (χ0n) is 23.6. The molecule has 0 radical (unpaired) electrons. The molecule has 6 rings (SSSR count). The summed E-state index contributed by atoms with van der Waals surface area (Å²) >= 11 is 0. The predicted octanol–water partition coefficient (Wildman–Crippen LogP) is 7.60. The first-order valence-corrected chi connectivity index (χ1v) is 17.6. The van der Waals surface area contributed by atoms with E-state index in [1.165, 1.54) is 45.0 Å². The summed E-state index contributed by atoms with van der Waals surface area (Å²) in [6.45, 7) is 1.81. The molecule has 6 aromatic rings. The minimum atomic E-state index is -4.80. The summed E-state index contributed by atoms with van der Waals surface area (Å²) in [6.07, 6.45) is 0. The fourth-order valence-electron chi connectivity index (χ4n) is 4.50. The molecule has 0 atom stereocenters. The van der Waals surface area contributed by atoms with E-state index in [4.69, 9.17) is 4.18 Å². The van der Waals surface area contributed by atoms with Gasteiger partial charge >= 0.3 is 10.1 Å². The first kappa shape index (κ1) is 31.0. The van der Waals surface area contributed by atoms with E-state index in [2.05, 4.69) is 91.0 Å². The second-order valence-corrected chi connectivity index (χ2v) is 14.6. The molecule has 0 N–H and O–H groups in total. The van der Waals surface area contributed by atoms with Gasteiger partial charge in [-0.3, -0.25) is 0 Å². The lowest BCUT2D eigenvalue weighted by Gasteiger charge is -2.14. The SMILES string of the molecule is Cc1ccc(S(=O)(=O)Oc2cccc3cccc(S(=O)(=O)[O-])c23)cc1.c1ccc([S+](c2ccccc2)c2ccccc2)cc1. The molecule has 0 saturated heterocycles. The van der Waals surface area contributed by atoms with E-state index in [0.29, 0.717) is 5.39 Å². The van der Waals surface area contributed by atoms with Gasteiger partial charge in [0.25, 0.3) is 0 Å². The van der Waals surface area contributed by atoms with Crippen LogP contribution in [0.2, 0.25) is 0 Å². The lowest BCUT2D eigenvalue weighted by atomic mass is 10.1. The van der Waals surface area contributed by atoms with Gasteiger partial charge in [0.1, 0.15) is 15.0 Å². The van der Waals surface area contributed by atoms with Crippen molar-refractivity contribution in [3.63, 3.8) is 0 Å². The highest BCUT2D eigenvalue weighted by Gasteiger charge is 2.27. The lowest BCUT2D eigenvalue weighted by Crippen LogP contribution is -2.11. The van der Waals surface area contributed by atoms with Crippen LogP contribution in [0, 0.1) is 6.92 Å². The van der Waals surface area contributed by atoms with E-state index in [0.717, 1.165) is 11.6 Å². The Labute approximate surface area is 260 Å². The zero-order valence-corrected chi connectivity index (χ0v) is 26.1. The van der Waals surface area contributed by atoms with Gasteiger partial charge < -0.3 is 8.74 Å². The van der Waals surface area contributed by atoms with E-state index in [9.17, 15) is 21.4 Å². The number of benzene rings is 6. The highest BCUT2D eigenvalue weighted by molar-refractivity contribution is 7.97. The van der Waals surface area contributed by atoms with Crippen molar-refractivity contribution in [2.45, 2.75) is 31.4 Å². The average Bonchev–Trinajstić information content (AvgIpc) is 3.03. The zero-order chi connectivity index (χ0) is 31.2. The summed E-state index contributed by atoms with van der Waals surface area (Å²) in [6, 6.07) is 46.7. The second-order valence-electron chi connectivity index (χ2n) is 9.66. The molecular weight excluding hydrogens is 613 g/mol. The number of hydrogen-bond acceptors (Lipinski definition) is 6. The fraction of sp³-hybridized carbons (Fsp3) is 0.0286. The van der Waals surface area contributed by atoms with Gasteiger partial charge in [-0.15, -0.1) is 0 Å². The Morgan fingerprint density at radius 3 is 1.45 bits per heavy atom. The van der Waals surface area contributed by atoms with Crippen LogP contribution in [0.4, 0.5) is 0 Å². The third-order valence-corrected chi connectivity index (χ3v) is 10.9. The van der Waals surface area contributed by atoms with Gasteiger partial charge in [-0.1, -0.05) is 96.6 Å². The molecule has 0 fully saturated rings. The molecule has 6 aromatic carbocycles. The van der Waals surface area contributed by atoms with Crippen LogP contribution in [0.1, 0.15) is 5.56 Å². The van der Waals surface area contributed by atoms with Crippen LogP contribution in [0.25, 0.3) is 10.8 Å². The maximum absolute atomic E-state index is 12.5. The maximum atomic E-state index is 12.5. The van der Waals surface area contributed by atoms with Crippen molar-refractivity contribution >= 4 is 41.9 Å². The Balaban J connectivity index is 0.000000181. The standard InChI is InChI=1S/C18H15S.C17H14O6S2/c1-4-10-16(11-5-1)19(17-12-6-2-7-13-17)18-14-8-3-9-15-18;1-12-8-10-14(11-9-12)25(21,22)23-15-6-2-4-13-5-3-7-16(17(13)15)24(18,19)20/h1-15H;2-11H,1H3,(H,18,19,20)/q+1;/p-1. The molecule has 44 heavy (non-hydrogen) atoms. The summed E-state index contributed by atoms with van der Waals surface area (Å²) in [7, 11) is -9.00. The maximum Gasteiger partial charge on any atom is 0.339 e. The third kappa shape index (κ3) is 7.38. The van der Waals surface area contributed by atoms with Crippen LogP contribution in [-0.2, 0) is 31.1 Å². The highest BCUT2D eigenvalue weighted by Crippen LogP contribution is 2.34. The summed E-state index contributed by atoms with van der Waals surface area (Å²) < 4.78 is 64.6. The monoisotopic (exact) mass is 640 g/mol. The van der Waals surface area contributed by atoms with E-state index in [1.807, 2.05) is 6.92 Å². The minimum Gasteiger partial charge on any atom is -0.744 e. The number of hydrogen-bond donors (Lipinski definition) is 0. The van der Waals surface area contributed by atoms with Gasteiger partial charge in [-0.2, -0.15) is 8.42 Å². The van der Waals surface area contributed by atoms with Crippen molar-refractivity contribution in [2.75, 3.05) is 0 Å². The number of aryl methyl sites for hydroxylation is 1. The van der Waals surface area contributed by atoms with Crippen molar-refractivity contribution in [3.05, 3.63) is 157 Å². The van der Waals surface area contributed by atoms with Crippen LogP contribution >= 0.6 is 0 Å². The van der Waals surface area contributed by atoms with Crippen molar-refractivity contribution in [1.82, 2.24) is 0 Å². The molecule has 0 spiro atoms. The summed E-state index contributed by atoms with van der Waals surface area (Å²) in [5.41, 5.74) is 0.879. The first-order chi connectivity index (χ1) is 21.1. The largest absolute Gasteiger partial charge is 0.744 e. The Hall–Kier alpha value is -4.41. The Bertz CT molecular complexity index is 1970. The predicted molar refractivity (Wildman–Crippen MR) is 172 cm³/mol. The van der Waals surface area contributed by atoms with Gasteiger partial charge in [0.15, 0.2) is 20.4 Å². The topological polar surface area (TPSA) is 101 Å². The van der Waals surface area contributed by atoms with Gasteiger partial charge in [0, 0.05) is 5.39 Å². The first-order valence-electron chi connectivity index (χ1n) is 13.5. The molecule has 0 amide bonds. The fourth-order valence-corrected chi connectivity index (χ4v) is 8.26. The Morgan fingerprint density at radius 1 is 0.545 bits per heavy atom. The average molecular weight is 641 g/mol. The smallest absolute Gasteiger partial charge is 0.339 e. The van der Waals surface area contributed by atoms with Crippen molar-refractivity contribution < 1.29 is 25.6 Å². The summed E-state index contributed by atoms with van der Waals surface area (Å²) in [5.74, 6) is -0.215. The van der Waals surface area contributed by atoms with E-state index < -0.39 is 25.1 Å². The molecule has 0 bridgehead atoms.